The lowest BCUT2D eigenvalue weighted by atomic mass is 9.94. The van der Waals surface area contributed by atoms with Crippen LogP contribution in [0.25, 0.3) is 6.08 Å². The van der Waals surface area contributed by atoms with Crippen LogP contribution in [0.1, 0.15) is 44.6 Å². The molecular formula is C20H22BrNO3. The Bertz CT molecular complexity index is 760. The van der Waals surface area contributed by atoms with E-state index < -0.39 is 5.97 Å². The molecule has 3 rings (SSSR count). The van der Waals surface area contributed by atoms with E-state index in [-0.39, 0.29) is 11.9 Å². The fraction of sp³-hybridized carbons (Fsp3) is 0.400. The van der Waals surface area contributed by atoms with E-state index in [4.69, 9.17) is 4.74 Å². The summed E-state index contributed by atoms with van der Waals surface area (Å²) in [4.78, 5) is 27.3. The van der Waals surface area contributed by atoms with E-state index in [1.54, 1.807) is 6.08 Å². The molecule has 2 aliphatic rings. The second-order valence-corrected chi connectivity index (χ2v) is 7.35. The molecule has 0 spiro atoms. The first-order valence-electron chi connectivity index (χ1n) is 8.64. The highest BCUT2D eigenvalue weighted by molar-refractivity contribution is 9.10. The minimum Gasteiger partial charge on any atom is -0.465 e. The first kappa shape index (κ1) is 17.9. The van der Waals surface area contributed by atoms with Crippen molar-refractivity contribution in [3.8, 4) is 0 Å². The van der Waals surface area contributed by atoms with Crippen LogP contribution in [0.15, 0.2) is 45.6 Å². The molecule has 132 valence electrons. The van der Waals surface area contributed by atoms with Gasteiger partial charge in [0.1, 0.15) is 0 Å². The number of ether oxygens (including phenoxy) is 1. The van der Waals surface area contributed by atoms with Crippen molar-refractivity contribution in [2.45, 2.75) is 45.1 Å². The normalized spacial score (nSPS) is 20.5. The van der Waals surface area contributed by atoms with Gasteiger partial charge in [0.2, 0.25) is 0 Å². The van der Waals surface area contributed by atoms with Gasteiger partial charge in [-0.05, 0) is 37.5 Å². The zero-order chi connectivity index (χ0) is 18.0. The van der Waals surface area contributed by atoms with Gasteiger partial charge in [-0.3, -0.25) is 4.79 Å². The molecule has 0 saturated heterocycles. The lowest BCUT2D eigenvalue weighted by Gasteiger charge is -2.32. The maximum atomic E-state index is 13.2. The molecule has 0 radical (unpaired) electrons. The van der Waals surface area contributed by atoms with Gasteiger partial charge in [-0.1, -0.05) is 53.4 Å². The lowest BCUT2D eigenvalue weighted by Crippen LogP contribution is -2.37. The number of carbonyl (C=O) groups is 2. The summed E-state index contributed by atoms with van der Waals surface area (Å²) in [6, 6.07) is 7.83. The standard InChI is InChI=1S/C20H22BrNO3/c1-13-18(20(24)25-2)16(12-14-8-6-7-11-17(14)21)19(23)22(13)15-9-4-3-5-10-15/h6-8,11-12,15H,3-5,9-10H2,1-2H3/b16-12-. The van der Waals surface area contributed by atoms with Crippen LogP contribution >= 0.6 is 15.9 Å². The smallest absolute Gasteiger partial charge is 0.340 e. The molecule has 0 atom stereocenters. The van der Waals surface area contributed by atoms with E-state index in [2.05, 4.69) is 15.9 Å². The Labute approximate surface area is 156 Å². The number of methoxy groups -OCH3 is 1. The molecule has 0 unspecified atom stereocenters. The number of halogens is 1. The van der Waals surface area contributed by atoms with E-state index in [0.29, 0.717) is 16.8 Å². The largest absolute Gasteiger partial charge is 0.465 e. The van der Waals surface area contributed by atoms with Crippen molar-refractivity contribution in [1.82, 2.24) is 4.90 Å². The zero-order valence-electron chi connectivity index (χ0n) is 14.5. The van der Waals surface area contributed by atoms with Crippen LogP contribution in [-0.4, -0.2) is 29.9 Å². The molecule has 1 amide bonds. The fourth-order valence-corrected chi connectivity index (χ4v) is 4.12. The van der Waals surface area contributed by atoms with Crippen LogP contribution in [0.3, 0.4) is 0 Å². The van der Waals surface area contributed by atoms with Crippen molar-refractivity contribution in [3.05, 3.63) is 51.1 Å². The van der Waals surface area contributed by atoms with Gasteiger partial charge >= 0.3 is 5.97 Å². The Hall–Kier alpha value is -1.88. The molecular weight excluding hydrogens is 382 g/mol. The predicted molar refractivity (Wildman–Crippen MR) is 101 cm³/mol. The monoisotopic (exact) mass is 403 g/mol. The topological polar surface area (TPSA) is 46.6 Å². The van der Waals surface area contributed by atoms with Crippen LogP contribution in [0.2, 0.25) is 0 Å². The molecule has 25 heavy (non-hydrogen) atoms. The van der Waals surface area contributed by atoms with Gasteiger partial charge in [-0.15, -0.1) is 0 Å². The molecule has 4 nitrogen and oxygen atoms in total. The molecule has 1 fully saturated rings. The van der Waals surface area contributed by atoms with Gasteiger partial charge in [-0.25, -0.2) is 4.79 Å². The second-order valence-electron chi connectivity index (χ2n) is 6.50. The van der Waals surface area contributed by atoms with Crippen molar-refractivity contribution < 1.29 is 14.3 Å². The average Bonchev–Trinajstić information content (AvgIpc) is 2.87. The van der Waals surface area contributed by atoms with Gasteiger partial charge in [-0.2, -0.15) is 0 Å². The zero-order valence-corrected chi connectivity index (χ0v) is 16.1. The average molecular weight is 404 g/mol. The van der Waals surface area contributed by atoms with Crippen molar-refractivity contribution in [2.75, 3.05) is 7.11 Å². The number of hydrogen-bond acceptors (Lipinski definition) is 3. The number of benzene rings is 1. The molecule has 0 bridgehead atoms. The molecule has 0 aromatic heterocycles. The summed E-state index contributed by atoms with van der Waals surface area (Å²) < 4.78 is 5.84. The van der Waals surface area contributed by atoms with E-state index in [9.17, 15) is 9.59 Å². The molecule has 1 heterocycles. The maximum absolute atomic E-state index is 13.2. The third-order valence-corrected chi connectivity index (χ3v) is 5.70. The van der Waals surface area contributed by atoms with Gasteiger partial charge in [0.15, 0.2) is 0 Å². The summed E-state index contributed by atoms with van der Waals surface area (Å²) in [5.74, 6) is -0.553. The van der Waals surface area contributed by atoms with E-state index in [0.717, 1.165) is 35.7 Å². The van der Waals surface area contributed by atoms with Crippen molar-refractivity contribution in [3.63, 3.8) is 0 Å². The number of rotatable bonds is 3. The summed E-state index contributed by atoms with van der Waals surface area (Å²) in [5, 5.41) is 0. The van der Waals surface area contributed by atoms with Gasteiger partial charge in [0, 0.05) is 16.2 Å². The summed E-state index contributed by atoms with van der Waals surface area (Å²) >= 11 is 3.50. The van der Waals surface area contributed by atoms with Gasteiger partial charge < -0.3 is 9.64 Å². The van der Waals surface area contributed by atoms with Crippen LogP contribution in [0.5, 0.6) is 0 Å². The van der Waals surface area contributed by atoms with Crippen molar-refractivity contribution in [2.24, 2.45) is 0 Å². The molecule has 1 aliphatic heterocycles. The first-order valence-corrected chi connectivity index (χ1v) is 9.43. The summed E-state index contributed by atoms with van der Waals surface area (Å²) in [5.41, 5.74) is 2.38. The van der Waals surface area contributed by atoms with Crippen molar-refractivity contribution in [1.29, 1.82) is 0 Å². The number of nitrogens with zero attached hydrogens (tertiary/aromatic N) is 1. The Morgan fingerprint density at radius 2 is 1.92 bits per heavy atom. The summed E-state index contributed by atoms with van der Waals surface area (Å²) in [7, 11) is 1.35. The third-order valence-electron chi connectivity index (χ3n) is 4.98. The highest BCUT2D eigenvalue weighted by Crippen LogP contribution is 2.37. The Kier molecular flexibility index (Phi) is 5.42. The Morgan fingerprint density at radius 1 is 1.24 bits per heavy atom. The fourth-order valence-electron chi connectivity index (χ4n) is 3.72. The molecule has 5 heteroatoms. The quantitative estimate of drug-likeness (QED) is 0.552. The predicted octanol–water partition coefficient (Wildman–Crippen LogP) is 4.45. The van der Waals surface area contributed by atoms with Crippen molar-refractivity contribution >= 4 is 33.9 Å². The highest BCUT2D eigenvalue weighted by atomic mass is 79.9. The van der Waals surface area contributed by atoms with Crippen LogP contribution in [0.4, 0.5) is 0 Å². The van der Waals surface area contributed by atoms with Crippen LogP contribution in [-0.2, 0) is 14.3 Å². The number of amides is 1. The number of allylic oxidation sites excluding steroid dienone is 1. The Morgan fingerprint density at radius 3 is 2.56 bits per heavy atom. The minimum atomic E-state index is -0.456. The number of esters is 1. The minimum absolute atomic E-state index is 0.0967. The molecule has 0 N–H and O–H groups in total. The van der Waals surface area contributed by atoms with E-state index >= 15 is 0 Å². The summed E-state index contributed by atoms with van der Waals surface area (Å²) in [6.07, 6.45) is 7.21. The van der Waals surface area contributed by atoms with E-state index in [1.807, 2.05) is 36.1 Å². The number of carbonyl (C=O) groups excluding carboxylic acids is 2. The number of hydrogen-bond donors (Lipinski definition) is 0. The summed E-state index contributed by atoms with van der Waals surface area (Å²) in [6.45, 7) is 1.85. The maximum Gasteiger partial charge on any atom is 0.340 e. The van der Waals surface area contributed by atoms with Gasteiger partial charge in [0.05, 0.1) is 18.3 Å². The van der Waals surface area contributed by atoms with Gasteiger partial charge in [0.25, 0.3) is 5.91 Å². The second kappa shape index (κ2) is 7.56. The van der Waals surface area contributed by atoms with E-state index in [1.165, 1.54) is 13.5 Å². The molecule has 1 saturated carbocycles. The molecule has 1 aromatic carbocycles. The molecule has 1 aromatic rings. The lowest BCUT2D eigenvalue weighted by molar-refractivity contribution is -0.136. The van der Waals surface area contributed by atoms with Crippen LogP contribution in [0, 0.1) is 0 Å². The third kappa shape index (κ3) is 3.43. The molecule has 1 aliphatic carbocycles. The SMILES string of the molecule is COC(=O)C1=C(C)N(C2CCCCC2)C(=O)/C1=C\c1ccccc1Br. The van der Waals surface area contributed by atoms with Crippen LogP contribution < -0.4 is 0 Å². The first-order chi connectivity index (χ1) is 12.0. The Balaban J connectivity index is 2.06. The highest BCUT2D eigenvalue weighted by Gasteiger charge is 2.40.